The van der Waals surface area contributed by atoms with E-state index in [2.05, 4.69) is 20.5 Å². The molecule has 4 heterocycles. The van der Waals surface area contributed by atoms with Crippen LogP contribution in [0.2, 0.25) is 0 Å². The number of nitrogens with zero attached hydrogens (tertiary/aromatic N) is 4. The van der Waals surface area contributed by atoms with Crippen molar-refractivity contribution in [1.29, 1.82) is 0 Å². The number of thiazole rings is 1. The van der Waals surface area contributed by atoms with E-state index >= 15 is 0 Å². The van der Waals surface area contributed by atoms with Crippen molar-refractivity contribution >= 4 is 22.9 Å². The fourth-order valence-corrected chi connectivity index (χ4v) is 4.11. The van der Waals surface area contributed by atoms with E-state index in [4.69, 9.17) is 14.3 Å². The Balaban J connectivity index is 1.37. The third kappa shape index (κ3) is 3.55. The minimum atomic E-state index is -0.345. The summed E-state index contributed by atoms with van der Waals surface area (Å²) in [6, 6.07) is 3.64. The second kappa shape index (κ2) is 7.88. The number of carbonyl (C=O) groups is 1. The van der Waals surface area contributed by atoms with Crippen LogP contribution >= 0.6 is 11.3 Å². The molecule has 0 aromatic carbocycles. The molecule has 0 atom stereocenters. The molecule has 4 aromatic heterocycles. The third-order valence-electron chi connectivity index (χ3n) is 5.07. The van der Waals surface area contributed by atoms with Crippen molar-refractivity contribution in [3.8, 4) is 22.0 Å². The van der Waals surface area contributed by atoms with Crippen LogP contribution in [0.25, 0.3) is 22.0 Å². The predicted molar refractivity (Wildman–Crippen MR) is 111 cm³/mol. The van der Waals surface area contributed by atoms with Crippen LogP contribution in [-0.2, 0) is 4.74 Å². The van der Waals surface area contributed by atoms with Crippen LogP contribution < -0.4 is 5.32 Å². The van der Waals surface area contributed by atoms with Crippen molar-refractivity contribution in [3.05, 3.63) is 48.1 Å². The topological polar surface area (TPSA) is 111 Å². The average Bonchev–Trinajstić information content (AvgIpc) is 3.50. The minimum absolute atomic E-state index is 0.212. The zero-order valence-corrected chi connectivity index (χ0v) is 17.1. The first-order valence-electron chi connectivity index (χ1n) is 9.72. The summed E-state index contributed by atoms with van der Waals surface area (Å²) in [6.45, 7) is 2.72. The lowest BCUT2D eigenvalue weighted by Gasteiger charge is -2.34. The Kier molecular flexibility index (Phi) is 4.93. The van der Waals surface area contributed by atoms with Crippen LogP contribution in [0.1, 0.15) is 36.4 Å². The minimum Gasteiger partial charge on any atom is -0.451 e. The monoisotopic (exact) mass is 424 g/mol. The highest BCUT2D eigenvalue weighted by Crippen LogP contribution is 2.37. The van der Waals surface area contributed by atoms with Gasteiger partial charge < -0.3 is 14.5 Å². The SMILES string of the molecule is CCOC1CC(n2cc(NC(=O)c3ccc(-c4cn[nH]c4)o3)c(-c3nccs3)n2)C1. The fraction of sp³-hybridized carbons (Fsp3) is 0.300. The Labute approximate surface area is 176 Å². The first-order chi connectivity index (χ1) is 14.7. The number of ether oxygens (including phenoxy) is 1. The summed E-state index contributed by atoms with van der Waals surface area (Å²) in [5.41, 5.74) is 2.04. The highest BCUT2D eigenvalue weighted by atomic mass is 32.1. The maximum atomic E-state index is 12.8. The van der Waals surface area contributed by atoms with Gasteiger partial charge in [-0.15, -0.1) is 11.3 Å². The van der Waals surface area contributed by atoms with E-state index in [0.29, 0.717) is 23.7 Å². The van der Waals surface area contributed by atoms with Gasteiger partial charge in [0.1, 0.15) is 16.5 Å². The van der Waals surface area contributed by atoms with Crippen molar-refractivity contribution in [3.63, 3.8) is 0 Å². The summed E-state index contributed by atoms with van der Waals surface area (Å²) in [7, 11) is 0. The Morgan fingerprint density at radius 2 is 2.33 bits per heavy atom. The van der Waals surface area contributed by atoms with Gasteiger partial charge in [-0.25, -0.2) is 4.98 Å². The van der Waals surface area contributed by atoms with Crippen molar-refractivity contribution in [1.82, 2.24) is 25.0 Å². The number of furan rings is 1. The molecule has 0 bridgehead atoms. The number of H-pyrrole nitrogens is 1. The molecule has 0 radical (unpaired) electrons. The maximum absolute atomic E-state index is 12.8. The largest absolute Gasteiger partial charge is 0.451 e. The predicted octanol–water partition coefficient (Wildman–Crippen LogP) is 3.98. The van der Waals surface area contributed by atoms with Gasteiger partial charge in [-0.1, -0.05) is 0 Å². The summed E-state index contributed by atoms with van der Waals surface area (Å²) in [5.74, 6) is 0.438. The summed E-state index contributed by atoms with van der Waals surface area (Å²) in [4.78, 5) is 17.2. The van der Waals surface area contributed by atoms with Crippen LogP contribution in [0.15, 0.2) is 46.7 Å². The lowest BCUT2D eigenvalue weighted by atomic mass is 9.89. The van der Waals surface area contributed by atoms with Gasteiger partial charge in [-0.2, -0.15) is 10.2 Å². The van der Waals surface area contributed by atoms with Crippen LogP contribution in [0, 0.1) is 0 Å². The highest BCUT2D eigenvalue weighted by molar-refractivity contribution is 7.13. The van der Waals surface area contributed by atoms with Crippen LogP contribution in [-0.4, -0.2) is 43.6 Å². The molecule has 1 aliphatic carbocycles. The number of anilines is 1. The third-order valence-corrected chi connectivity index (χ3v) is 5.85. The zero-order valence-electron chi connectivity index (χ0n) is 16.2. The molecule has 0 spiro atoms. The second-order valence-electron chi connectivity index (χ2n) is 7.02. The van der Waals surface area contributed by atoms with Gasteiger partial charge in [0.15, 0.2) is 5.76 Å². The van der Waals surface area contributed by atoms with E-state index in [0.717, 1.165) is 23.4 Å². The molecule has 1 aliphatic rings. The van der Waals surface area contributed by atoms with E-state index < -0.39 is 0 Å². The van der Waals surface area contributed by atoms with Crippen LogP contribution in [0.4, 0.5) is 5.69 Å². The Hall–Kier alpha value is -3.24. The van der Waals surface area contributed by atoms with E-state index in [1.807, 2.05) is 23.2 Å². The molecule has 0 unspecified atom stereocenters. The van der Waals surface area contributed by atoms with Crippen molar-refractivity contribution < 1.29 is 13.9 Å². The smallest absolute Gasteiger partial charge is 0.291 e. The molecule has 0 saturated heterocycles. The standard InChI is InChI=1S/C20H20N6O3S/c1-2-28-14-7-13(8-14)26-11-15(18(25-26)20-21-5-6-30-20)24-19(27)17-4-3-16(29-17)12-9-22-23-10-12/h3-6,9-11,13-14H,2,7-8H2,1H3,(H,22,23)(H,24,27). The Bertz CT molecular complexity index is 1130. The molecule has 10 heteroatoms. The van der Waals surface area contributed by atoms with Gasteiger partial charge in [-0.05, 0) is 31.9 Å². The summed E-state index contributed by atoms with van der Waals surface area (Å²) >= 11 is 1.48. The molecule has 1 saturated carbocycles. The normalized spacial score (nSPS) is 18.3. The Morgan fingerprint density at radius 1 is 1.43 bits per heavy atom. The zero-order chi connectivity index (χ0) is 20.5. The molecule has 4 aromatic rings. The van der Waals surface area contributed by atoms with Crippen molar-refractivity contribution in [2.45, 2.75) is 31.9 Å². The first kappa shape index (κ1) is 18.8. The van der Waals surface area contributed by atoms with E-state index in [1.165, 1.54) is 11.3 Å². The number of rotatable bonds is 7. The number of amides is 1. The average molecular weight is 424 g/mol. The van der Waals surface area contributed by atoms with E-state index in [-0.39, 0.29) is 23.8 Å². The van der Waals surface area contributed by atoms with Crippen molar-refractivity contribution in [2.75, 3.05) is 11.9 Å². The quantitative estimate of drug-likeness (QED) is 0.464. The van der Waals surface area contributed by atoms with Gasteiger partial charge in [0, 0.05) is 30.6 Å². The number of nitrogens with one attached hydrogen (secondary N) is 2. The lowest BCUT2D eigenvalue weighted by molar-refractivity contribution is -0.0226. The van der Waals surface area contributed by atoms with Crippen molar-refractivity contribution in [2.24, 2.45) is 0 Å². The Morgan fingerprint density at radius 3 is 3.07 bits per heavy atom. The highest BCUT2D eigenvalue weighted by Gasteiger charge is 2.33. The van der Waals surface area contributed by atoms with E-state index in [1.54, 1.807) is 30.7 Å². The number of hydrogen-bond donors (Lipinski definition) is 2. The van der Waals surface area contributed by atoms with Gasteiger partial charge in [0.05, 0.1) is 29.6 Å². The van der Waals surface area contributed by atoms with Crippen LogP contribution in [0.5, 0.6) is 0 Å². The molecule has 9 nitrogen and oxygen atoms in total. The summed E-state index contributed by atoms with van der Waals surface area (Å²) in [5, 5.41) is 16.9. The maximum Gasteiger partial charge on any atom is 0.291 e. The second-order valence-corrected chi connectivity index (χ2v) is 7.91. The number of aromatic nitrogens is 5. The summed E-state index contributed by atoms with van der Waals surface area (Å²) in [6.07, 6.45) is 9.02. The molecule has 30 heavy (non-hydrogen) atoms. The molecule has 2 N–H and O–H groups in total. The van der Waals surface area contributed by atoms with E-state index in [9.17, 15) is 4.79 Å². The number of aromatic amines is 1. The summed E-state index contributed by atoms with van der Waals surface area (Å²) < 4.78 is 13.2. The van der Waals surface area contributed by atoms with Gasteiger partial charge >= 0.3 is 0 Å². The fourth-order valence-electron chi connectivity index (χ4n) is 3.48. The molecule has 1 amide bonds. The first-order valence-corrected chi connectivity index (χ1v) is 10.6. The lowest BCUT2D eigenvalue weighted by Crippen LogP contribution is -2.33. The molecular weight excluding hydrogens is 404 g/mol. The number of carbonyl (C=O) groups excluding carboxylic acids is 1. The van der Waals surface area contributed by atoms with Gasteiger partial charge in [0.2, 0.25) is 0 Å². The van der Waals surface area contributed by atoms with Gasteiger partial charge in [-0.3, -0.25) is 14.6 Å². The molecular formula is C20H20N6O3S. The van der Waals surface area contributed by atoms with Gasteiger partial charge in [0.25, 0.3) is 5.91 Å². The molecule has 0 aliphatic heterocycles. The molecule has 1 fully saturated rings. The van der Waals surface area contributed by atoms with Crippen LogP contribution in [0.3, 0.4) is 0 Å². The number of hydrogen-bond acceptors (Lipinski definition) is 7. The molecule has 5 rings (SSSR count). The molecule has 154 valence electrons.